The molecule has 4 rings (SSSR count). The summed E-state index contributed by atoms with van der Waals surface area (Å²) in [4.78, 5) is 28.5. The fourth-order valence-electron chi connectivity index (χ4n) is 4.73. The number of amidine groups is 1. The van der Waals surface area contributed by atoms with Crippen molar-refractivity contribution in [2.24, 2.45) is 0 Å². The van der Waals surface area contributed by atoms with E-state index in [-0.39, 0.29) is 12.3 Å². The van der Waals surface area contributed by atoms with Gasteiger partial charge in [0.25, 0.3) is 0 Å². The number of carboxylic acid groups (broad SMARTS) is 1. The molecule has 0 amide bonds. The quantitative estimate of drug-likeness (QED) is 0.478. The van der Waals surface area contributed by atoms with E-state index in [2.05, 4.69) is 0 Å². The first-order chi connectivity index (χ1) is 17.0. The van der Waals surface area contributed by atoms with Crippen LogP contribution in [0.15, 0.2) is 30.3 Å². The van der Waals surface area contributed by atoms with Gasteiger partial charge in [0.1, 0.15) is 17.3 Å². The maximum absolute atomic E-state index is 13.5. The SMILES string of the molecule is COc1ccc2c(c1)CN(CC(=O)c1cc(N3CCC(O)C3)c(OCC(=O)O)c(C(C)(C)C)c1)C2=N. The lowest BCUT2D eigenvalue weighted by atomic mass is 9.84. The Bertz CT molecular complexity index is 1200. The molecule has 36 heavy (non-hydrogen) atoms. The highest BCUT2D eigenvalue weighted by Crippen LogP contribution is 2.41. The van der Waals surface area contributed by atoms with Crippen LogP contribution in [0.4, 0.5) is 5.69 Å². The zero-order valence-corrected chi connectivity index (χ0v) is 21.1. The summed E-state index contributed by atoms with van der Waals surface area (Å²) < 4.78 is 11.1. The van der Waals surface area contributed by atoms with Crippen molar-refractivity contribution < 1.29 is 29.3 Å². The molecule has 192 valence electrons. The van der Waals surface area contributed by atoms with Crippen molar-refractivity contribution in [1.82, 2.24) is 4.90 Å². The van der Waals surface area contributed by atoms with Crippen LogP contribution in [-0.2, 0) is 16.8 Å². The van der Waals surface area contributed by atoms with Gasteiger partial charge in [0.05, 0.1) is 25.4 Å². The monoisotopic (exact) mass is 495 g/mol. The Labute approximate surface area is 210 Å². The number of rotatable bonds is 8. The minimum absolute atomic E-state index is 0.0246. The first-order valence-electron chi connectivity index (χ1n) is 12.0. The Morgan fingerprint density at radius 2 is 1.94 bits per heavy atom. The number of benzene rings is 2. The third kappa shape index (κ3) is 5.16. The Hall–Kier alpha value is -3.59. The molecule has 1 saturated heterocycles. The number of aliphatic hydroxyl groups excluding tert-OH is 1. The summed E-state index contributed by atoms with van der Waals surface area (Å²) in [5, 5.41) is 27.9. The maximum Gasteiger partial charge on any atom is 0.341 e. The summed E-state index contributed by atoms with van der Waals surface area (Å²) in [6.07, 6.45) is 0.0731. The number of hydrogen-bond donors (Lipinski definition) is 3. The van der Waals surface area contributed by atoms with E-state index in [9.17, 15) is 19.8 Å². The molecule has 0 aromatic heterocycles. The Balaban J connectivity index is 1.68. The maximum atomic E-state index is 13.5. The number of carbonyl (C=O) groups is 2. The van der Waals surface area contributed by atoms with Crippen LogP contribution in [-0.4, -0.2) is 72.2 Å². The smallest absolute Gasteiger partial charge is 0.341 e. The van der Waals surface area contributed by atoms with Crippen LogP contribution < -0.4 is 14.4 Å². The van der Waals surface area contributed by atoms with E-state index in [0.717, 1.165) is 16.7 Å². The van der Waals surface area contributed by atoms with E-state index in [1.165, 1.54) is 0 Å². The number of carboxylic acids is 1. The topological polar surface area (TPSA) is 123 Å². The van der Waals surface area contributed by atoms with E-state index >= 15 is 0 Å². The lowest BCUT2D eigenvalue weighted by Gasteiger charge is -2.29. The second kappa shape index (κ2) is 9.81. The highest BCUT2D eigenvalue weighted by Gasteiger charge is 2.32. The summed E-state index contributed by atoms with van der Waals surface area (Å²) in [5.41, 5.74) is 3.06. The molecule has 0 radical (unpaired) electrons. The van der Waals surface area contributed by atoms with E-state index in [1.54, 1.807) is 30.2 Å². The zero-order chi connectivity index (χ0) is 26.2. The summed E-state index contributed by atoms with van der Waals surface area (Å²) in [6, 6.07) is 9.02. The molecule has 0 saturated carbocycles. The first kappa shape index (κ1) is 25.5. The summed E-state index contributed by atoms with van der Waals surface area (Å²) in [6.45, 7) is 6.84. The van der Waals surface area contributed by atoms with Crippen molar-refractivity contribution in [2.75, 3.05) is 38.3 Å². The van der Waals surface area contributed by atoms with E-state index < -0.39 is 24.1 Å². The van der Waals surface area contributed by atoms with Crippen LogP contribution in [0.1, 0.15) is 54.2 Å². The summed E-state index contributed by atoms with van der Waals surface area (Å²) in [5.74, 6) is 0.172. The largest absolute Gasteiger partial charge is 0.497 e. The van der Waals surface area contributed by atoms with Crippen molar-refractivity contribution >= 4 is 23.3 Å². The lowest BCUT2D eigenvalue weighted by molar-refractivity contribution is -0.139. The predicted octanol–water partition coefficient (Wildman–Crippen LogP) is 3.05. The van der Waals surface area contributed by atoms with Gasteiger partial charge in [-0.2, -0.15) is 0 Å². The molecule has 2 aliphatic heterocycles. The lowest BCUT2D eigenvalue weighted by Crippen LogP contribution is -2.31. The van der Waals surface area contributed by atoms with Crippen LogP contribution in [0.3, 0.4) is 0 Å². The number of Topliss-reactive ketones (excluding diaryl/α,β-unsaturated/α-hetero) is 1. The Morgan fingerprint density at radius 3 is 2.56 bits per heavy atom. The number of β-amino-alcohol motifs (C(OH)–C–C–N with tert-alkyl or cyclic N) is 1. The Morgan fingerprint density at radius 1 is 1.19 bits per heavy atom. The van der Waals surface area contributed by atoms with Gasteiger partial charge in [-0.25, -0.2) is 4.79 Å². The highest BCUT2D eigenvalue weighted by molar-refractivity contribution is 6.06. The molecule has 3 N–H and O–H groups in total. The fourth-order valence-corrected chi connectivity index (χ4v) is 4.73. The fraction of sp³-hybridized carbons (Fsp3) is 0.444. The minimum atomic E-state index is -1.09. The van der Waals surface area contributed by atoms with Crippen LogP contribution in [0.25, 0.3) is 0 Å². The molecular weight excluding hydrogens is 462 g/mol. The number of nitrogens with zero attached hydrogens (tertiary/aromatic N) is 2. The third-order valence-electron chi connectivity index (χ3n) is 6.62. The number of methoxy groups -OCH3 is 1. The standard InChI is InChI=1S/C27H33N3O6/c1-27(2,3)21-10-16(11-22(25(21)36-15-24(33)34)29-8-7-18(31)13-29)23(32)14-30-12-17-9-19(35-4)5-6-20(17)26(30)28/h5-6,9-11,18,28,31H,7-8,12-15H2,1-4H3,(H,33,34). The predicted molar refractivity (Wildman–Crippen MR) is 136 cm³/mol. The van der Waals surface area contributed by atoms with Gasteiger partial charge in [-0.1, -0.05) is 20.8 Å². The van der Waals surface area contributed by atoms with Gasteiger partial charge in [0.2, 0.25) is 0 Å². The number of fused-ring (bicyclic) bond motifs is 1. The molecule has 2 aromatic carbocycles. The number of aliphatic hydroxyl groups is 1. The zero-order valence-electron chi connectivity index (χ0n) is 21.1. The molecule has 1 unspecified atom stereocenters. The van der Waals surface area contributed by atoms with E-state index in [0.29, 0.717) is 54.6 Å². The van der Waals surface area contributed by atoms with Crippen molar-refractivity contribution in [3.05, 3.63) is 52.6 Å². The molecule has 2 aliphatic rings. The molecule has 2 heterocycles. The van der Waals surface area contributed by atoms with Crippen LogP contribution in [0, 0.1) is 5.41 Å². The number of hydrogen-bond acceptors (Lipinski definition) is 7. The van der Waals surface area contributed by atoms with Gasteiger partial charge in [-0.05, 0) is 47.7 Å². The van der Waals surface area contributed by atoms with Crippen molar-refractivity contribution in [2.45, 2.75) is 45.3 Å². The van der Waals surface area contributed by atoms with E-state index in [4.69, 9.17) is 14.9 Å². The molecule has 0 bridgehead atoms. The molecule has 0 aliphatic carbocycles. The molecule has 9 nitrogen and oxygen atoms in total. The first-order valence-corrected chi connectivity index (χ1v) is 12.0. The van der Waals surface area contributed by atoms with E-state index in [1.807, 2.05) is 37.8 Å². The second-order valence-corrected chi connectivity index (χ2v) is 10.3. The molecule has 9 heteroatoms. The Kier molecular flexibility index (Phi) is 6.95. The average Bonchev–Trinajstić information content (AvgIpc) is 3.39. The van der Waals surface area contributed by atoms with Gasteiger partial charge in [-0.3, -0.25) is 10.2 Å². The molecule has 1 fully saturated rings. The number of ketones is 1. The van der Waals surface area contributed by atoms with Gasteiger partial charge in [0, 0.05) is 36.3 Å². The molecular formula is C27H33N3O6. The number of aliphatic carboxylic acids is 1. The highest BCUT2D eigenvalue weighted by atomic mass is 16.5. The van der Waals surface area contributed by atoms with Crippen molar-refractivity contribution in [3.63, 3.8) is 0 Å². The van der Waals surface area contributed by atoms with Crippen molar-refractivity contribution in [1.29, 1.82) is 5.41 Å². The molecule has 2 aromatic rings. The van der Waals surface area contributed by atoms with Crippen LogP contribution in [0.2, 0.25) is 0 Å². The van der Waals surface area contributed by atoms with Gasteiger partial charge in [0.15, 0.2) is 12.4 Å². The molecule has 1 atom stereocenters. The van der Waals surface area contributed by atoms with Gasteiger partial charge in [-0.15, -0.1) is 0 Å². The third-order valence-corrected chi connectivity index (χ3v) is 6.62. The number of nitrogens with one attached hydrogen (secondary N) is 1. The van der Waals surface area contributed by atoms with Crippen molar-refractivity contribution in [3.8, 4) is 11.5 Å². The number of anilines is 1. The number of carbonyl (C=O) groups excluding carboxylic acids is 1. The number of ether oxygens (including phenoxy) is 2. The summed E-state index contributed by atoms with van der Waals surface area (Å²) in [7, 11) is 1.59. The second-order valence-electron chi connectivity index (χ2n) is 10.3. The average molecular weight is 496 g/mol. The van der Waals surface area contributed by atoms with Gasteiger partial charge < -0.3 is 29.5 Å². The summed E-state index contributed by atoms with van der Waals surface area (Å²) >= 11 is 0. The normalized spacial score (nSPS) is 17.4. The van der Waals surface area contributed by atoms with Gasteiger partial charge >= 0.3 is 5.97 Å². The molecule has 0 spiro atoms. The minimum Gasteiger partial charge on any atom is -0.497 e. The van der Waals surface area contributed by atoms with Crippen LogP contribution >= 0.6 is 0 Å². The van der Waals surface area contributed by atoms with Crippen LogP contribution in [0.5, 0.6) is 11.5 Å².